The van der Waals surface area contributed by atoms with Gasteiger partial charge >= 0.3 is 24.1 Å². The second kappa shape index (κ2) is 38.9. The van der Waals surface area contributed by atoms with Crippen LogP contribution in [0.15, 0.2) is 146 Å². The first-order chi connectivity index (χ1) is 58.9. The number of ether oxygens (including phenoxy) is 5. The number of fused-ring (bicyclic) bond motifs is 2. The maximum atomic E-state index is 15.9. The van der Waals surface area contributed by atoms with Gasteiger partial charge in [-0.25, -0.2) is 23.7 Å². The Morgan fingerprint density at radius 1 is 0.520 bits per heavy atom. The highest BCUT2D eigenvalue weighted by Crippen LogP contribution is 2.36. The maximum Gasteiger partial charge on any atom is 0.410 e. The number of amides is 9. The smallest absolute Gasteiger partial charge is 0.410 e. The first-order valence-corrected chi connectivity index (χ1v) is 42.0. The molecule has 6 N–H and O–H groups in total. The number of carboxylic acid groups (broad SMARTS) is 1. The van der Waals surface area contributed by atoms with E-state index in [0.717, 1.165) is 31.3 Å². The van der Waals surface area contributed by atoms with Gasteiger partial charge in [0.15, 0.2) is 5.78 Å². The van der Waals surface area contributed by atoms with Crippen molar-refractivity contribution >= 4 is 92.8 Å². The van der Waals surface area contributed by atoms with Gasteiger partial charge in [0.1, 0.15) is 95.6 Å². The van der Waals surface area contributed by atoms with Crippen molar-refractivity contribution < 1.29 is 86.3 Å². The number of methoxy groups -OCH3 is 1. The zero-order valence-corrected chi connectivity index (χ0v) is 73.9. The Hall–Kier alpha value is -12.8. The Kier molecular flexibility index (Phi) is 28.9. The predicted molar refractivity (Wildman–Crippen MR) is 461 cm³/mol. The van der Waals surface area contributed by atoms with Gasteiger partial charge in [-0.05, 0) is 160 Å². The summed E-state index contributed by atoms with van der Waals surface area (Å²) in [6, 6.07) is 25.5. The summed E-state index contributed by atoms with van der Waals surface area (Å²) in [5, 5.41) is 46.9. The van der Waals surface area contributed by atoms with E-state index in [4.69, 9.17) is 23.7 Å². The summed E-state index contributed by atoms with van der Waals surface area (Å²) in [6.45, 7) is 23.0. The number of aromatic nitrogens is 6. The molecule has 2 saturated heterocycles. The number of carbonyl (C=O) groups excluding carboxylic acids is 11. The van der Waals surface area contributed by atoms with E-state index >= 15 is 28.8 Å². The lowest BCUT2D eigenvalue weighted by atomic mass is 9.85. The first-order valence-electron chi connectivity index (χ1n) is 42.0. The van der Waals surface area contributed by atoms with E-state index in [0.29, 0.717) is 33.8 Å². The van der Waals surface area contributed by atoms with Gasteiger partial charge in [0.05, 0.1) is 43.5 Å². The lowest BCUT2D eigenvalue weighted by molar-refractivity contribution is -0.146. The van der Waals surface area contributed by atoms with Crippen molar-refractivity contribution in [3.05, 3.63) is 179 Å². The van der Waals surface area contributed by atoms with Crippen LogP contribution in [-0.4, -0.2) is 226 Å². The van der Waals surface area contributed by atoms with Crippen LogP contribution in [0.3, 0.4) is 0 Å². The number of carboxylic acids is 1. The van der Waals surface area contributed by atoms with Crippen molar-refractivity contribution in [2.75, 3.05) is 34.3 Å². The molecule has 12 atom stereocenters. The normalized spacial score (nSPS) is 20.6. The first kappa shape index (κ1) is 92.9. The van der Waals surface area contributed by atoms with Crippen molar-refractivity contribution in [3.8, 4) is 11.5 Å². The third-order valence-electron chi connectivity index (χ3n) is 22.7. The fourth-order valence-corrected chi connectivity index (χ4v) is 15.5. The third-order valence-corrected chi connectivity index (χ3v) is 22.7. The topological polar surface area (TPSA) is 406 Å². The van der Waals surface area contributed by atoms with E-state index in [1.54, 1.807) is 144 Å². The molecule has 33 heteroatoms. The molecular weight excluding hydrogens is 1600 g/mol. The molecule has 666 valence electrons. The number of ketones is 1. The maximum absolute atomic E-state index is 15.9. The Bertz CT molecular complexity index is 5290. The number of likely N-dealkylation sites (tertiary alicyclic amines) is 2. The summed E-state index contributed by atoms with van der Waals surface area (Å²) < 4.78 is 31.8. The average molecular weight is 1720 g/mol. The van der Waals surface area contributed by atoms with Crippen LogP contribution in [0.5, 0.6) is 11.5 Å². The second-order valence-electron chi connectivity index (χ2n) is 36.7. The van der Waals surface area contributed by atoms with E-state index in [2.05, 4.69) is 47.2 Å². The molecule has 0 radical (unpaired) electrons. The molecule has 0 unspecified atom stereocenters. The van der Waals surface area contributed by atoms with Crippen LogP contribution in [0.1, 0.15) is 162 Å². The summed E-state index contributed by atoms with van der Waals surface area (Å²) in [5.41, 5.74) is -1.00. The number of likely N-dealkylation sites (N-methyl/N-ethyl adjacent to an activating group) is 2. The van der Waals surface area contributed by atoms with E-state index in [1.807, 2.05) is 84.9 Å². The molecule has 6 aliphatic heterocycles. The van der Waals surface area contributed by atoms with Gasteiger partial charge in [-0.3, -0.25) is 53.0 Å². The lowest BCUT2D eigenvalue weighted by Gasteiger charge is -2.37. The molecular formula is C92H115N15O18. The van der Waals surface area contributed by atoms with E-state index in [-0.39, 0.29) is 76.2 Å². The Labute approximate surface area is 726 Å². The highest BCUT2D eigenvalue weighted by molar-refractivity contribution is 5.99. The average Bonchev–Trinajstić information content (AvgIpc) is 1.64. The summed E-state index contributed by atoms with van der Waals surface area (Å²) in [5.74, 6) is -8.57. The molecule has 9 amide bonds. The van der Waals surface area contributed by atoms with Crippen molar-refractivity contribution in [3.63, 3.8) is 0 Å². The van der Waals surface area contributed by atoms with Crippen LogP contribution in [-0.2, 0) is 101 Å². The molecule has 33 nitrogen and oxygen atoms in total. The number of rotatable bonds is 14. The van der Waals surface area contributed by atoms with Gasteiger partial charge in [-0.2, -0.15) is 0 Å². The van der Waals surface area contributed by atoms with Gasteiger partial charge < -0.3 is 65.2 Å². The summed E-state index contributed by atoms with van der Waals surface area (Å²) in [4.78, 5) is 181. The van der Waals surface area contributed by atoms with Crippen molar-refractivity contribution in [2.24, 2.45) is 16.7 Å². The SMILES string of the molecule is COC(=O)[C@@H]1Cc2ccc(cc2)OCc2cn(nn2)[C@@H]2CCN(C(=O)[C@@H](NC(=O)[C@H](C)N(C)C(=O)OC(C)(C)C)C(C)(C)C)[C@@H]2C(=O)N[C@@H](Cc2ccc3ccccc3c2)C(=O)C[C@H](C(=O)O)Cc2ccc(cc2)OCc2cn(nn2)[C@@H]2CCN(C(=O)[C@@H](NC(=O)[C@H](C)N(C)C(=O)OC(C)(C)C)C(C)(C)C)[C@@H]2C(=O)N[C@@H](Cc2ccc3ccccc3c2)C(=O)N1. The number of nitrogens with zero attached hydrogens (tertiary/aromatic N) is 10. The Balaban J connectivity index is 0.944. The second-order valence-corrected chi connectivity index (χ2v) is 36.7. The van der Waals surface area contributed by atoms with Gasteiger partial charge in [-0.15, -0.1) is 10.2 Å². The predicted octanol–water partition coefficient (Wildman–Crippen LogP) is 8.76. The van der Waals surface area contributed by atoms with Crippen LogP contribution in [0.25, 0.3) is 21.5 Å². The van der Waals surface area contributed by atoms with Gasteiger partial charge in [0.2, 0.25) is 41.4 Å². The largest absolute Gasteiger partial charge is 0.487 e. The van der Waals surface area contributed by atoms with Crippen molar-refractivity contribution in [1.29, 1.82) is 0 Å². The number of aliphatic carboxylic acids is 1. The number of hydrogen-bond acceptors (Lipinski definition) is 21. The van der Waals surface area contributed by atoms with Crippen LogP contribution >= 0.6 is 0 Å². The summed E-state index contributed by atoms with van der Waals surface area (Å²) >= 11 is 0. The number of esters is 1. The standard InChI is InChI=1S/C92H115N15O18/c1-53(102(15)87(119)124-91(9,10)11)78(109)96-76(89(3,4)5)83(114)104-40-38-71-74(104)81(112)93-68(46-57-26-32-59-22-18-20-24-61(59)43-57)73(108)48-63(85(116)117)42-55-28-34-66(35-29-55)122-51-65-50-107(101-99-65)72-39-41-105(84(115)77(90(6,7)8)97-79(110)54(2)103(16)88(120)125-92(12,13)14)75(72)82(113)94-69(47-58-27-33-60-23-19-21-25-62(60)44-58)80(111)95-70(86(118)121-17)45-56-30-36-67(37-31-56)123-52-64-49-106(71)100-98-64/h18-37,43-44,49-50,53-54,63,68-72,74-77H,38-42,45-48,51-52H2,1-17H3,(H,93,112)(H,94,113)(H,95,111)(H,96,109)(H,97,110)(H,116,117)/t53-,54-,63+,68-,69-,70-,71+,72+,74-,75-,76+,77+/m0/s1. The molecule has 0 saturated carbocycles. The number of benzene rings is 6. The van der Waals surface area contributed by atoms with Crippen LogP contribution in [0, 0.1) is 16.7 Å². The molecule has 8 heterocycles. The molecule has 125 heavy (non-hydrogen) atoms. The molecule has 0 spiro atoms. The number of nitrogens with one attached hydrogen (secondary N) is 5. The zero-order valence-electron chi connectivity index (χ0n) is 73.9. The van der Waals surface area contributed by atoms with E-state index < -0.39 is 172 Å². The highest BCUT2D eigenvalue weighted by atomic mass is 16.6. The zero-order chi connectivity index (χ0) is 90.9. The Morgan fingerprint density at radius 2 is 0.920 bits per heavy atom. The van der Waals surface area contributed by atoms with E-state index in [9.17, 15) is 33.9 Å². The van der Waals surface area contributed by atoms with Crippen LogP contribution in [0.4, 0.5) is 9.59 Å². The fraction of sp³-hybridized carbons (Fsp3) is 0.478. The van der Waals surface area contributed by atoms with Crippen LogP contribution < -0.4 is 36.1 Å². The van der Waals surface area contributed by atoms with Gasteiger partial charge in [0.25, 0.3) is 0 Å². The lowest BCUT2D eigenvalue weighted by Crippen LogP contribution is -2.62. The molecule has 2 fully saturated rings. The monoisotopic (exact) mass is 1720 g/mol. The molecule has 6 aliphatic rings. The molecule has 0 aliphatic carbocycles. The van der Waals surface area contributed by atoms with Gasteiger partial charge in [-0.1, -0.05) is 161 Å². The molecule has 6 aromatic carbocycles. The van der Waals surface area contributed by atoms with Crippen molar-refractivity contribution in [2.45, 2.75) is 233 Å². The highest BCUT2D eigenvalue weighted by Gasteiger charge is 2.51. The molecule has 8 bridgehead atoms. The third kappa shape index (κ3) is 23.6. The minimum absolute atomic E-state index is 0.0685. The minimum atomic E-state index is -1.46. The summed E-state index contributed by atoms with van der Waals surface area (Å²) in [6.07, 6.45) is 0.676. The quantitative estimate of drug-likeness (QED) is 0.0437. The molecule has 14 rings (SSSR count). The molecule has 8 aromatic rings. The fourth-order valence-electron chi connectivity index (χ4n) is 15.5. The minimum Gasteiger partial charge on any atom is -0.487 e. The number of carbonyl (C=O) groups is 12. The summed E-state index contributed by atoms with van der Waals surface area (Å²) in [7, 11) is 3.98. The van der Waals surface area contributed by atoms with E-state index in [1.165, 1.54) is 54.2 Å². The number of Topliss-reactive ketones (excluding diaryl/α,β-unsaturated/α-hetero) is 1. The molecule has 2 aromatic heterocycles. The Morgan fingerprint density at radius 3 is 1.32 bits per heavy atom. The van der Waals surface area contributed by atoms with Crippen LogP contribution in [0.2, 0.25) is 0 Å². The van der Waals surface area contributed by atoms with Crippen molar-refractivity contribution in [1.82, 2.24) is 76.2 Å². The number of hydrogen-bond donors (Lipinski definition) is 6. The van der Waals surface area contributed by atoms with Gasteiger partial charge in [0, 0.05) is 46.4 Å².